The second kappa shape index (κ2) is 6.18. The summed E-state index contributed by atoms with van der Waals surface area (Å²) >= 11 is 0. The molecule has 0 aliphatic carbocycles. The van der Waals surface area contributed by atoms with Crippen molar-refractivity contribution in [1.29, 1.82) is 0 Å². The molecule has 1 saturated heterocycles. The predicted octanol–water partition coefficient (Wildman–Crippen LogP) is -0.140. The molecule has 100 valence electrons. The number of ether oxygens (including phenoxy) is 2. The Morgan fingerprint density at radius 2 is 2.12 bits per heavy atom. The zero-order valence-corrected chi connectivity index (χ0v) is 10.7. The van der Waals surface area contributed by atoms with Crippen molar-refractivity contribution in [1.82, 2.24) is 10.6 Å². The molecular formula is C11H22N2O4. The van der Waals surface area contributed by atoms with Crippen LogP contribution in [0.3, 0.4) is 0 Å². The van der Waals surface area contributed by atoms with Crippen molar-refractivity contribution in [3.63, 3.8) is 0 Å². The first-order chi connectivity index (χ1) is 7.88. The van der Waals surface area contributed by atoms with E-state index in [0.29, 0.717) is 26.3 Å². The van der Waals surface area contributed by atoms with Crippen LogP contribution in [0.25, 0.3) is 0 Å². The van der Waals surface area contributed by atoms with Gasteiger partial charge in [0.1, 0.15) is 5.60 Å². The van der Waals surface area contributed by atoms with Gasteiger partial charge in [-0.2, -0.15) is 0 Å². The van der Waals surface area contributed by atoms with Gasteiger partial charge in [0.15, 0.2) is 0 Å². The standard InChI is InChI=1S/C11H22N2O4/c1-11(2,3)17-10(15)13-5-4-12-8-6-16-7-9(8)14/h8-9,12,14H,4-7H2,1-3H3,(H,13,15)/t8-,9-/m1/s1. The van der Waals surface area contributed by atoms with Crippen molar-refractivity contribution in [3.8, 4) is 0 Å². The van der Waals surface area contributed by atoms with Crippen LogP contribution in [-0.4, -0.2) is 55.2 Å². The molecule has 6 nitrogen and oxygen atoms in total. The van der Waals surface area contributed by atoms with E-state index in [1.54, 1.807) is 0 Å². The molecule has 0 aromatic heterocycles. The van der Waals surface area contributed by atoms with Crippen LogP contribution in [0, 0.1) is 0 Å². The average molecular weight is 246 g/mol. The molecule has 1 aliphatic heterocycles. The number of aliphatic hydroxyl groups is 1. The number of nitrogens with one attached hydrogen (secondary N) is 2. The van der Waals surface area contributed by atoms with E-state index < -0.39 is 17.8 Å². The smallest absolute Gasteiger partial charge is 0.407 e. The van der Waals surface area contributed by atoms with Crippen LogP contribution < -0.4 is 10.6 Å². The van der Waals surface area contributed by atoms with E-state index >= 15 is 0 Å². The summed E-state index contributed by atoms with van der Waals surface area (Å²) in [5.74, 6) is 0. The quantitative estimate of drug-likeness (QED) is 0.602. The minimum atomic E-state index is -0.479. The molecule has 0 spiro atoms. The van der Waals surface area contributed by atoms with E-state index in [-0.39, 0.29) is 6.04 Å². The van der Waals surface area contributed by atoms with Crippen molar-refractivity contribution in [2.75, 3.05) is 26.3 Å². The molecule has 3 N–H and O–H groups in total. The Morgan fingerprint density at radius 1 is 1.41 bits per heavy atom. The van der Waals surface area contributed by atoms with Gasteiger partial charge >= 0.3 is 6.09 Å². The van der Waals surface area contributed by atoms with Crippen LogP contribution in [0.1, 0.15) is 20.8 Å². The van der Waals surface area contributed by atoms with Gasteiger partial charge in [0.05, 0.1) is 25.4 Å². The highest BCUT2D eigenvalue weighted by Gasteiger charge is 2.25. The van der Waals surface area contributed by atoms with E-state index in [0.717, 1.165) is 0 Å². The number of amides is 1. The topological polar surface area (TPSA) is 79.8 Å². The summed E-state index contributed by atoms with van der Waals surface area (Å²) in [5, 5.41) is 15.2. The summed E-state index contributed by atoms with van der Waals surface area (Å²) in [4.78, 5) is 11.3. The van der Waals surface area contributed by atoms with Gasteiger partial charge in [0.2, 0.25) is 0 Å². The van der Waals surface area contributed by atoms with Gasteiger partial charge < -0.3 is 25.2 Å². The molecule has 0 radical (unpaired) electrons. The highest BCUT2D eigenvalue weighted by Crippen LogP contribution is 2.06. The number of hydrogen-bond acceptors (Lipinski definition) is 5. The molecule has 0 unspecified atom stereocenters. The number of carbonyl (C=O) groups is 1. The predicted molar refractivity (Wildman–Crippen MR) is 62.9 cm³/mol. The lowest BCUT2D eigenvalue weighted by Crippen LogP contribution is -2.43. The molecule has 1 amide bonds. The molecule has 1 rings (SSSR count). The number of rotatable bonds is 4. The molecule has 1 heterocycles. The normalized spacial score (nSPS) is 24.7. The largest absolute Gasteiger partial charge is 0.444 e. The van der Waals surface area contributed by atoms with Crippen molar-refractivity contribution >= 4 is 6.09 Å². The molecule has 1 aliphatic rings. The third kappa shape index (κ3) is 5.86. The van der Waals surface area contributed by atoms with Gasteiger partial charge in [-0.05, 0) is 20.8 Å². The maximum absolute atomic E-state index is 11.3. The molecule has 0 aromatic rings. The van der Waals surface area contributed by atoms with Gasteiger partial charge in [-0.25, -0.2) is 4.79 Å². The molecule has 17 heavy (non-hydrogen) atoms. The lowest BCUT2D eigenvalue weighted by molar-refractivity contribution is 0.0527. The Kier molecular flexibility index (Phi) is 5.17. The zero-order chi connectivity index (χ0) is 12.9. The van der Waals surface area contributed by atoms with E-state index in [9.17, 15) is 9.90 Å². The van der Waals surface area contributed by atoms with Crippen molar-refractivity contribution in [2.45, 2.75) is 38.5 Å². The summed E-state index contributed by atoms with van der Waals surface area (Å²) in [7, 11) is 0. The fraction of sp³-hybridized carbons (Fsp3) is 0.909. The van der Waals surface area contributed by atoms with E-state index in [1.807, 2.05) is 20.8 Å². The number of alkyl carbamates (subject to hydrolysis) is 1. The molecule has 6 heteroatoms. The van der Waals surface area contributed by atoms with E-state index in [1.165, 1.54) is 0 Å². The van der Waals surface area contributed by atoms with Crippen LogP contribution in [0.5, 0.6) is 0 Å². The number of hydrogen-bond donors (Lipinski definition) is 3. The molecular weight excluding hydrogens is 224 g/mol. The minimum absolute atomic E-state index is 0.0459. The lowest BCUT2D eigenvalue weighted by Gasteiger charge is -2.20. The van der Waals surface area contributed by atoms with Crippen LogP contribution >= 0.6 is 0 Å². The summed E-state index contributed by atoms with van der Waals surface area (Å²) in [6.45, 7) is 7.36. The van der Waals surface area contributed by atoms with Gasteiger partial charge in [0, 0.05) is 13.1 Å². The summed E-state index contributed by atoms with van der Waals surface area (Å²) in [6, 6.07) is -0.0459. The number of carbonyl (C=O) groups excluding carboxylic acids is 1. The molecule has 0 saturated carbocycles. The average Bonchev–Trinajstić information content (AvgIpc) is 2.56. The Balaban J connectivity index is 2.06. The first-order valence-electron chi connectivity index (χ1n) is 5.84. The Labute approximate surface area is 102 Å². The highest BCUT2D eigenvalue weighted by molar-refractivity contribution is 5.67. The monoisotopic (exact) mass is 246 g/mol. The third-order valence-corrected chi connectivity index (χ3v) is 2.25. The summed E-state index contributed by atoms with van der Waals surface area (Å²) < 4.78 is 10.2. The van der Waals surface area contributed by atoms with Crippen LogP contribution in [-0.2, 0) is 9.47 Å². The first-order valence-corrected chi connectivity index (χ1v) is 5.84. The third-order valence-electron chi connectivity index (χ3n) is 2.25. The molecule has 1 fully saturated rings. The minimum Gasteiger partial charge on any atom is -0.444 e. The Morgan fingerprint density at radius 3 is 2.65 bits per heavy atom. The molecule has 0 bridgehead atoms. The van der Waals surface area contributed by atoms with E-state index in [4.69, 9.17) is 9.47 Å². The lowest BCUT2D eigenvalue weighted by atomic mass is 10.2. The maximum Gasteiger partial charge on any atom is 0.407 e. The van der Waals surface area contributed by atoms with E-state index in [2.05, 4.69) is 10.6 Å². The van der Waals surface area contributed by atoms with Crippen molar-refractivity contribution in [2.24, 2.45) is 0 Å². The SMILES string of the molecule is CC(C)(C)OC(=O)NCCN[C@@H]1COC[C@H]1O. The van der Waals surface area contributed by atoms with Crippen molar-refractivity contribution in [3.05, 3.63) is 0 Å². The Hall–Kier alpha value is -0.850. The molecule has 2 atom stereocenters. The number of aliphatic hydroxyl groups excluding tert-OH is 1. The molecule has 0 aromatic carbocycles. The van der Waals surface area contributed by atoms with Gasteiger partial charge in [0.25, 0.3) is 0 Å². The van der Waals surface area contributed by atoms with Gasteiger partial charge in [-0.3, -0.25) is 0 Å². The fourth-order valence-electron chi connectivity index (χ4n) is 1.47. The highest BCUT2D eigenvalue weighted by atomic mass is 16.6. The van der Waals surface area contributed by atoms with Crippen LogP contribution in [0.4, 0.5) is 4.79 Å². The van der Waals surface area contributed by atoms with Crippen molar-refractivity contribution < 1.29 is 19.4 Å². The van der Waals surface area contributed by atoms with Crippen LogP contribution in [0.15, 0.2) is 0 Å². The van der Waals surface area contributed by atoms with Crippen LogP contribution in [0.2, 0.25) is 0 Å². The first kappa shape index (κ1) is 14.2. The summed E-state index contributed by atoms with van der Waals surface area (Å²) in [6.07, 6.45) is -0.890. The fourth-order valence-corrected chi connectivity index (χ4v) is 1.47. The second-order valence-electron chi connectivity index (χ2n) is 5.09. The Bertz CT molecular complexity index is 252. The zero-order valence-electron chi connectivity index (χ0n) is 10.7. The van der Waals surface area contributed by atoms with Gasteiger partial charge in [-0.15, -0.1) is 0 Å². The van der Waals surface area contributed by atoms with Gasteiger partial charge in [-0.1, -0.05) is 0 Å². The second-order valence-corrected chi connectivity index (χ2v) is 5.09. The summed E-state index contributed by atoms with van der Waals surface area (Å²) in [5.41, 5.74) is -0.479. The maximum atomic E-state index is 11.3.